The van der Waals surface area contributed by atoms with Crippen LogP contribution < -0.4 is 5.32 Å². The first-order chi connectivity index (χ1) is 9.54. The fraction of sp³-hybridized carbons (Fsp3) is 0.133. The van der Waals surface area contributed by atoms with Gasteiger partial charge in [-0.15, -0.1) is 0 Å². The second kappa shape index (κ2) is 5.09. The number of carbonyl (C=O) groups is 1. The van der Waals surface area contributed by atoms with Gasteiger partial charge in [-0.2, -0.15) is 0 Å². The second-order valence-corrected chi connectivity index (χ2v) is 5.58. The van der Waals surface area contributed by atoms with Gasteiger partial charge in [0.15, 0.2) is 0 Å². The molecule has 20 heavy (non-hydrogen) atoms. The maximum absolute atomic E-state index is 11.5. The van der Waals surface area contributed by atoms with Crippen LogP contribution in [0.15, 0.2) is 36.4 Å². The molecule has 2 aromatic rings. The third-order valence-corrected chi connectivity index (χ3v) is 3.78. The highest BCUT2D eigenvalue weighted by atomic mass is 35.5. The summed E-state index contributed by atoms with van der Waals surface area (Å²) in [6.45, 7) is 0. The lowest BCUT2D eigenvalue weighted by Gasteiger charge is -2.16. The van der Waals surface area contributed by atoms with Gasteiger partial charge < -0.3 is 10.4 Å². The molecule has 0 saturated carbocycles. The molecule has 2 aromatic carbocycles. The zero-order valence-corrected chi connectivity index (χ0v) is 11.9. The minimum absolute atomic E-state index is 0.0909. The Labute approximate surface area is 126 Å². The molecule has 3 rings (SSSR count). The van der Waals surface area contributed by atoms with Crippen molar-refractivity contribution in [3.05, 3.63) is 63.1 Å². The van der Waals surface area contributed by atoms with E-state index in [4.69, 9.17) is 23.2 Å². The standard InChI is InChI=1S/C15H11Cl2NO2/c16-10-3-1-8(2-4-10)15(20)12-7-11(17)5-9-6-13(19)18-14(9)12/h1-5,7,15,20H,6H2,(H,18,19). The number of nitrogens with one attached hydrogen (secondary N) is 1. The van der Waals surface area contributed by atoms with Crippen LogP contribution in [0, 0.1) is 0 Å². The van der Waals surface area contributed by atoms with E-state index in [0.717, 1.165) is 5.56 Å². The van der Waals surface area contributed by atoms with Crippen molar-refractivity contribution in [3.63, 3.8) is 0 Å². The number of hydrogen-bond acceptors (Lipinski definition) is 2. The molecule has 1 amide bonds. The number of aliphatic hydroxyl groups is 1. The molecule has 1 atom stereocenters. The summed E-state index contributed by atoms with van der Waals surface area (Å²) in [4.78, 5) is 11.5. The zero-order chi connectivity index (χ0) is 14.3. The topological polar surface area (TPSA) is 49.3 Å². The largest absolute Gasteiger partial charge is 0.384 e. The quantitative estimate of drug-likeness (QED) is 0.891. The number of fused-ring (bicyclic) bond motifs is 1. The monoisotopic (exact) mass is 307 g/mol. The molecule has 0 fully saturated rings. The van der Waals surface area contributed by atoms with Crippen molar-refractivity contribution in [2.24, 2.45) is 0 Å². The van der Waals surface area contributed by atoms with Crippen molar-refractivity contribution in [1.82, 2.24) is 0 Å². The van der Waals surface area contributed by atoms with E-state index in [1.807, 2.05) is 0 Å². The summed E-state index contributed by atoms with van der Waals surface area (Å²) in [5.41, 5.74) is 2.76. The normalized spacial score (nSPS) is 14.8. The lowest BCUT2D eigenvalue weighted by molar-refractivity contribution is -0.115. The highest BCUT2D eigenvalue weighted by Crippen LogP contribution is 2.37. The first-order valence-electron chi connectivity index (χ1n) is 6.10. The van der Waals surface area contributed by atoms with E-state index < -0.39 is 6.10 Å². The van der Waals surface area contributed by atoms with Crippen molar-refractivity contribution in [2.45, 2.75) is 12.5 Å². The lowest BCUT2D eigenvalue weighted by atomic mass is 9.98. The minimum Gasteiger partial charge on any atom is -0.384 e. The van der Waals surface area contributed by atoms with Gasteiger partial charge in [-0.05, 0) is 35.4 Å². The van der Waals surface area contributed by atoms with E-state index in [1.165, 1.54) is 0 Å². The van der Waals surface area contributed by atoms with E-state index in [2.05, 4.69) is 5.32 Å². The molecule has 1 aliphatic heterocycles. The van der Waals surface area contributed by atoms with Crippen molar-refractivity contribution in [3.8, 4) is 0 Å². The zero-order valence-electron chi connectivity index (χ0n) is 10.4. The van der Waals surface area contributed by atoms with Crippen LogP contribution in [0.3, 0.4) is 0 Å². The molecule has 2 N–H and O–H groups in total. The van der Waals surface area contributed by atoms with Gasteiger partial charge >= 0.3 is 0 Å². The maximum atomic E-state index is 11.5. The molecule has 1 unspecified atom stereocenters. The third kappa shape index (κ3) is 2.40. The van der Waals surface area contributed by atoms with Gasteiger partial charge in [-0.3, -0.25) is 4.79 Å². The Morgan fingerprint density at radius 1 is 1.10 bits per heavy atom. The van der Waals surface area contributed by atoms with Crippen LogP contribution in [0.2, 0.25) is 10.0 Å². The van der Waals surface area contributed by atoms with E-state index in [0.29, 0.717) is 26.9 Å². The van der Waals surface area contributed by atoms with Crippen LogP contribution in [0.5, 0.6) is 0 Å². The Bertz CT molecular complexity index is 683. The molecule has 5 heteroatoms. The van der Waals surface area contributed by atoms with Crippen molar-refractivity contribution >= 4 is 34.8 Å². The molecule has 102 valence electrons. The van der Waals surface area contributed by atoms with Crippen LogP contribution in [0.1, 0.15) is 22.8 Å². The molecule has 1 aliphatic rings. The van der Waals surface area contributed by atoms with Crippen LogP contribution in [0.4, 0.5) is 5.69 Å². The third-order valence-electron chi connectivity index (χ3n) is 3.31. The summed E-state index contributed by atoms with van der Waals surface area (Å²) in [7, 11) is 0. The van der Waals surface area contributed by atoms with Crippen LogP contribution >= 0.6 is 23.2 Å². The van der Waals surface area contributed by atoms with Crippen molar-refractivity contribution < 1.29 is 9.90 Å². The van der Waals surface area contributed by atoms with E-state index in [9.17, 15) is 9.90 Å². The molecule has 0 aliphatic carbocycles. The number of benzene rings is 2. The number of carbonyl (C=O) groups excluding carboxylic acids is 1. The van der Waals surface area contributed by atoms with E-state index in [-0.39, 0.29) is 12.3 Å². The summed E-state index contributed by atoms with van der Waals surface area (Å²) in [6, 6.07) is 10.3. The summed E-state index contributed by atoms with van der Waals surface area (Å²) < 4.78 is 0. The first-order valence-corrected chi connectivity index (χ1v) is 6.86. The summed E-state index contributed by atoms with van der Waals surface area (Å²) in [5.74, 6) is -0.0909. The highest BCUT2D eigenvalue weighted by molar-refractivity contribution is 6.31. The molecular formula is C15H11Cl2NO2. The number of halogens is 2. The average molecular weight is 308 g/mol. The van der Waals surface area contributed by atoms with Gasteiger partial charge in [0.05, 0.1) is 12.1 Å². The van der Waals surface area contributed by atoms with Crippen LogP contribution in [-0.2, 0) is 11.2 Å². The molecule has 3 nitrogen and oxygen atoms in total. The minimum atomic E-state index is -0.863. The predicted molar refractivity (Wildman–Crippen MR) is 79.3 cm³/mol. The first kappa shape index (κ1) is 13.4. The van der Waals surface area contributed by atoms with Crippen LogP contribution in [0.25, 0.3) is 0 Å². The van der Waals surface area contributed by atoms with E-state index >= 15 is 0 Å². The Kier molecular flexibility index (Phi) is 3.42. The summed E-state index contributed by atoms with van der Waals surface area (Å²) in [5, 5.41) is 14.4. The Morgan fingerprint density at radius 2 is 1.80 bits per heavy atom. The Morgan fingerprint density at radius 3 is 2.50 bits per heavy atom. The molecule has 0 saturated heterocycles. The molecule has 0 radical (unpaired) electrons. The second-order valence-electron chi connectivity index (χ2n) is 4.71. The average Bonchev–Trinajstić information content (AvgIpc) is 2.78. The number of anilines is 1. The molecule has 0 aromatic heterocycles. The van der Waals surface area contributed by atoms with Gasteiger partial charge in [0.2, 0.25) is 5.91 Å². The van der Waals surface area contributed by atoms with Gasteiger partial charge in [-0.1, -0.05) is 35.3 Å². The fourth-order valence-corrected chi connectivity index (χ4v) is 2.75. The lowest BCUT2D eigenvalue weighted by Crippen LogP contribution is -2.07. The number of hydrogen-bond donors (Lipinski definition) is 2. The Hall–Kier alpha value is -1.55. The SMILES string of the molecule is O=C1Cc2cc(Cl)cc(C(O)c3ccc(Cl)cc3)c2N1. The van der Waals surface area contributed by atoms with E-state index in [1.54, 1.807) is 36.4 Å². The van der Waals surface area contributed by atoms with Crippen molar-refractivity contribution in [1.29, 1.82) is 0 Å². The van der Waals surface area contributed by atoms with Crippen molar-refractivity contribution in [2.75, 3.05) is 5.32 Å². The van der Waals surface area contributed by atoms with Gasteiger partial charge in [0.25, 0.3) is 0 Å². The summed E-state index contributed by atoms with van der Waals surface area (Å²) >= 11 is 11.9. The molecule has 0 bridgehead atoms. The van der Waals surface area contributed by atoms with Gasteiger partial charge in [-0.25, -0.2) is 0 Å². The smallest absolute Gasteiger partial charge is 0.228 e. The number of rotatable bonds is 2. The molecule has 1 heterocycles. The highest BCUT2D eigenvalue weighted by Gasteiger charge is 2.25. The molecular weight excluding hydrogens is 297 g/mol. The Balaban J connectivity index is 2.06. The molecule has 0 spiro atoms. The summed E-state index contributed by atoms with van der Waals surface area (Å²) in [6.07, 6.45) is -0.575. The predicted octanol–water partition coefficient (Wildman–Crippen LogP) is 3.57. The van der Waals surface area contributed by atoms with Crippen LogP contribution in [-0.4, -0.2) is 11.0 Å². The fourth-order valence-electron chi connectivity index (χ4n) is 2.38. The number of aliphatic hydroxyl groups excluding tert-OH is 1. The maximum Gasteiger partial charge on any atom is 0.228 e. The van der Waals surface area contributed by atoms with Gasteiger partial charge in [0, 0.05) is 15.6 Å². The van der Waals surface area contributed by atoms with Gasteiger partial charge in [0.1, 0.15) is 6.10 Å². The number of amides is 1.